The number of thiophene rings is 2. The Morgan fingerprint density at radius 2 is 2.00 bits per heavy atom. The number of aliphatic hydroxyl groups excluding tert-OH is 1. The van der Waals surface area contributed by atoms with Crippen LogP contribution in [0.1, 0.15) is 24.9 Å². The van der Waals surface area contributed by atoms with Crippen molar-refractivity contribution in [3.63, 3.8) is 0 Å². The van der Waals surface area contributed by atoms with Crippen molar-refractivity contribution in [2.45, 2.75) is 13.0 Å². The Balaban J connectivity index is 1.48. The average molecular weight is 441 g/mol. The van der Waals surface area contributed by atoms with Gasteiger partial charge in [-0.2, -0.15) is 0 Å². The third-order valence-corrected chi connectivity index (χ3v) is 7.21. The van der Waals surface area contributed by atoms with Crippen molar-refractivity contribution < 1.29 is 24.5 Å². The molecular formula is C21H16N2O5S2. The van der Waals surface area contributed by atoms with E-state index in [4.69, 9.17) is 4.74 Å². The maximum Gasteiger partial charge on any atom is 0.337 e. The van der Waals surface area contributed by atoms with Crippen LogP contribution in [0.4, 0.5) is 0 Å². The first-order valence-corrected chi connectivity index (χ1v) is 10.8. The summed E-state index contributed by atoms with van der Waals surface area (Å²) in [5.41, 5.74) is 0.994. The fourth-order valence-corrected chi connectivity index (χ4v) is 5.65. The molecule has 4 heterocycles. The number of carboxylic acid groups (broad SMARTS) is 1. The van der Waals surface area contributed by atoms with Crippen molar-refractivity contribution in [1.82, 2.24) is 9.88 Å². The van der Waals surface area contributed by atoms with E-state index in [1.807, 2.05) is 6.07 Å². The van der Waals surface area contributed by atoms with Gasteiger partial charge in [-0.1, -0.05) is 0 Å². The lowest BCUT2D eigenvalue weighted by Gasteiger charge is -2.35. The Kier molecular flexibility index (Phi) is 4.46. The molecule has 0 spiro atoms. The van der Waals surface area contributed by atoms with Crippen molar-refractivity contribution in [3.05, 3.63) is 51.8 Å². The summed E-state index contributed by atoms with van der Waals surface area (Å²) in [5.74, 6) is 0.110. The summed E-state index contributed by atoms with van der Waals surface area (Å²) in [6.45, 7) is 2.49. The van der Waals surface area contributed by atoms with Gasteiger partial charge in [0.25, 0.3) is 5.91 Å². The van der Waals surface area contributed by atoms with Crippen LogP contribution in [0, 0.1) is 6.92 Å². The molecule has 152 valence electrons. The van der Waals surface area contributed by atoms with Crippen LogP contribution in [0.15, 0.2) is 36.5 Å². The van der Waals surface area contributed by atoms with E-state index in [9.17, 15) is 19.8 Å². The van der Waals surface area contributed by atoms with Gasteiger partial charge in [-0.05, 0) is 31.2 Å². The van der Waals surface area contributed by atoms with Crippen LogP contribution in [-0.4, -0.2) is 51.2 Å². The number of carbonyl (C=O) groups excluding carboxylic acids is 1. The number of carbonyl (C=O) groups is 2. The zero-order chi connectivity index (χ0) is 21.0. The highest BCUT2D eigenvalue weighted by Crippen LogP contribution is 2.38. The molecule has 0 radical (unpaired) electrons. The van der Waals surface area contributed by atoms with Crippen molar-refractivity contribution in [2.24, 2.45) is 0 Å². The van der Waals surface area contributed by atoms with Gasteiger partial charge in [0, 0.05) is 40.3 Å². The number of hydrogen-bond acceptors (Lipinski definition) is 7. The number of ether oxygens (including phenoxy) is 1. The van der Waals surface area contributed by atoms with Gasteiger partial charge in [-0.25, -0.2) is 4.79 Å². The normalized spacial score (nSPS) is 14.3. The number of aryl methyl sites for hydroxylation is 1. The minimum absolute atomic E-state index is 0.120. The van der Waals surface area contributed by atoms with Crippen LogP contribution in [0.25, 0.3) is 20.3 Å². The number of benzene rings is 1. The molecule has 2 N–H and O–H groups in total. The first-order chi connectivity index (χ1) is 14.4. The number of aliphatic hydroxyl groups is 1. The molecule has 0 atom stereocenters. The predicted molar refractivity (Wildman–Crippen MR) is 115 cm³/mol. The van der Waals surface area contributed by atoms with Crippen molar-refractivity contribution in [2.75, 3.05) is 13.1 Å². The SMILES string of the molecule is Cc1sc2cc(Oc3ccnc4cc(C(=O)N5CC(O)C5)sc34)ccc2c1C(=O)O. The molecule has 30 heavy (non-hydrogen) atoms. The molecule has 0 unspecified atom stereocenters. The standard InChI is InChI=1S/C21H16N2O5S2/c1-10-18(21(26)27)13-3-2-12(6-16(13)29-10)28-15-4-5-22-14-7-17(30-19(14)15)20(25)23-8-11(24)9-23/h2-7,11,24H,8-9H2,1H3,(H,26,27). The number of pyridine rings is 1. The highest BCUT2D eigenvalue weighted by molar-refractivity contribution is 7.21. The fraction of sp³-hybridized carbons (Fsp3) is 0.190. The summed E-state index contributed by atoms with van der Waals surface area (Å²) in [6, 6.07) is 8.81. The molecule has 7 nitrogen and oxygen atoms in total. The Labute approximate surface area is 178 Å². The summed E-state index contributed by atoms with van der Waals surface area (Å²) in [5, 5.41) is 19.5. The Hall–Kier alpha value is -3.01. The van der Waals surface area contributed by atoms with Crippen LogP contribution in [0.5, 0.6) is 11.5 Å². The number of rotatable bonds is 4. The Morgan fingerprint density at radius 1 is 1.20 bits per heavy atom. The zero-order valence-electron chi connectivity index (χ0n) is 15.8. The van der Waals surface area contributed by atoms with E-state index in [1.54, 1.807) is 42.3 Å². The second-order valence-corrected chi connectivity index (χ2v) is 9.41. The molecule has 1 aliphatic rings. The van der Waals surface area contributed by atoms with Gasteiger partial charge in [0.15, 0.2) is 0 Å². The second kappa shape index (κ2) is 7.05. The Morgan fingerprint density at radius 3 is 2.73 bits per heavy atom. The lowest BCUT2D eigenvalue weighted by molar-refractivity contribution is 0.00623. The van der Waals surface area contributed by atoms with E-state index < -0.39 is 12.1 Å². The number of fused-ring (bicyclic) bond motifs is 2. The average Bonchev–Trinajstić information content (AvgIpc) is 3.25. The molecule has 0 saturated carbocycles. The van der Waals surface area contributed by atoms with E-state index in [1.165, 1.54) is 22.7 Å². The fourth-order valence-electron chi connectivity index (χ4n) is 3.53. The van der Waals surface area contributed by atoms with Gasteiger partial charge in [-0.3, -0.25) is 9.78 Å². The molecule has 0 bridgehead atoms. The van der Waals surface area contributed by atoms with E-state index >= 15 is 0 Å². The van der Waals surface area contributed by atoms with Crippen LogP contribution in [0.3, 0.4) is 0 Å². The number of aromatic nitrogens is 1. The van der Waals surface area contributed by atoms with Gasteiger partial charge in [0.1, 0.15) is 11.5 Å². The van der Waals surface area contributed by atoms with Crippen LogP contribution < -0.4 is 4.74 Å². The predicted octanol–water partition coefficient (Wildman–Crippen LogP) is 4.13. The van der Waals surface area contributed by atoms with Gasteiger partial charge in [-0.15, -0.1) is 22.7 Å². The lowest BCUT2D eigenvalue weighted by Crippen LogP contribution is -2.53. The molecular weight excluding hydrogens is 424 g/mol. The van der Waals surface area contributed by atoms with Crippen LogP contribution in [-0.2, 0) is 0 Å². The number of carboxylic acids is 1. The van der Waals surface area contributed by atoms with Crippen molar-refractivity contribution >= 4 is 54.9 Å². The van der Waals surface area contributed by atoms with Gasteiger partial charge in [0.2, 0.25) is 0 Å². The minimum Gasteiger partial charge on any atom is -0.478 e. The lowest BCUT2D eigenvalue weighted by atomic mass is 10.1. The topological polar surface area (TPSA) is 100.0 Å². The molecule has 3 aromatic heterocycles. The number of likely N-dealkylation sites (tertiary alicyclic amines) is 1. The van der Waals surface area contributed by atoms with E-state index in [-0.39, 0.29) is 5.91 Å². The molecule has 9 heteroatoms. The third-order valence-electron chi connectivity index (χ3n) is 5.02. The molecule has 1 fully saturated rings. The maximum absolute atomic E-state index is 12.6. The highest BCUT2D eigenvalue weighted by Gasteiger charge is 2.30. The van der Waals surface area contributed by atoms with Gasteiger partial charge in [0.05, 0.1) is 26.8 Å². The van der Waals surface area contributed by atoms with Crippen molar-refractivity contribution in [1.29, 1.82) is 0 Å². The van der Waals surface area contributed by atoms with Gasteiger partial charge >= 0.3 is 5.97 Å². The summed E-state index contributed by atoms with van der Waals surface area (Å²) >= 11 is 2.72. The first-order valence-electron chi connectivity index (χ1n) is 9.21. The summed E-state index contributed by atoms with van der Waals surface area (Å²) in [7, 11) is 0. The van der Waals surface area contributed by atoms with Gasteiger partial charge < -0.3 is 19.8 Å². The van der Waals surface area contributed by atoms with E-state index in [0.29, 0.717) is 45.9 Å². The zero-order valence-corrected chi connectivity index (χ0v) is 17.4. The monoisotopic (exact) mass is 440 g/mol. The molecule has 4 aromatic rings. The molecule has 5 rings (SSSR count). The molecule has 1 amide bonds. The third kappa shape index (κ3) is 3.11. The highest BCUT2D eigenvalue weighted by atomic mass is 32.1. The molecule has 1 saturated heterocycles. The molecule has 1 aliphatic heterocycles. The van der Waals surface area contributed by atoms with Crippen molar-refractivity contribution in [3.8, 4) is 11.5 Å². The number of β-amino-alcohol motifs (C(OH)–C–C–N with tert-alkyl or cyclic N) is 1. The summed E-state index contributed by atoms with van der Waals surface area (Å²) in [4.78, 5) is 31.3. The molecule has 1 aromatic carbocycles. The Bertz CT molecular complexity index is 1320. The number of aromatic carboxylic acids is 1. The second-order valence-electron chi connectivity index (χ2n) is 7.10. The van der Waals surface area contributed by atoms with Crippen LogP contribution in [0.2, 0.25) is 0 Å². The van der Waals surface area contributed by atoms with Crippen LogP contribution >= 0.6 is 22.7 Å². The smallest absolute Gasteiger partial charge is 0.337 e. The maximum atomic E-state index is 12.6. The number of nitrogens with zero attached hydrogens (tertiary/aromatic N) is 2. The number of hydrogen-bond donors (Lipinski definition) is 2. The number of amides is 1. The summed E-state index contributed by atoms with van der Waals surface area (Å²) in [6.07, 6.45) is 1.18. The van der Waals surface area contributed by atoms with E-state index in [2.05, 4.69) is 4.98 Å². The largest absolute Gasteiger partial charge is 0.478 e. The quantitative estimate of drug-likeness (QED) is 0.495. The minimum atomic E-state index is -0.936. The van der Waals surface area contributed by atoms with E-state index in [0.717, 1.165) is 14.3 Å². The molecule has 0 aliphatic carbocycles. The first kappa shape index (κ1) is 19.0. The summed E-state index contributed by atoms with van der Waals surface area (Å²) < 4.78 is 7.68.